The Bertz CT molecular complexity index is 1060. The van der Waals surface area contributed by atoms with Gasteiger partial charge in [0.05, 0.1) is 17.5 Å². The van der Waals surface area contributed by atoms with Crippen molar-refractivity contribution in [2.45, 2.75) is 27.2 Å². The topological polar surface area (TPSA) is 107 Å². The molecule has 0 spiro atoms. The number of phenolic OH excluding ortho intramolecular Hbond substituents is 1. The van der Waals surface area contributed by atoms with Gasteiger partial charge in [-0.3, -0.25) is 9.59 Å². The highest BCUT2D eigenvalue weighted by Crippen LogP contribution is 2.25. The molecule has 0 radical (unpaired) electrons. The average molecular weight is 370 g/mol. The summed E-state index contributed by atoms with van der Waals surface area (Å²) in [5.41, 5.74) is 4.52. The molecule has 0 unspecified atom stereocenters. The standard InChI is InChI=1S/C18H18N4O3S/c1-9-11(3)26-18-16(9)17(25)19-14(20-18)8-15(24)22-21-10(2)12-4-6-13(23)7-5-12/h4-7,23H,8H2,1-3H3,(H,22,24)(H,19,20,25)/b21-10+. The van der Waals surface area contributed by atoms with Crippen LogP contribution < -0.4 is 11.0 Å². The molecule has 0 aliphatic heterocycles. The third-order valence-corrected chi connectivity index (χ3v) is 5.15. The SMILES string of the molecule is C/C(=N\NC(=O)Cc1nc2sc(C)c(C)c2c(=O)[nH]1)c1ccc(O)cc1. The zero-order valence-electron chi connectivity index (χ0n) is 14.6. The van der Waals surface area contributed by atoms with E-state index in [0.29, 0.717) is 21.8 Å². The van der Waals surface area contributed by atoms with Crippen LogP contribution in [0, 0.1) is 13.8 Å². The lowest BCUT2D eigenvalue weighted by Gasteiger charge is -2.03. The highest BCUT2D eigenvalue weighted by Gasteiger charge is 2.13. The number of benzene rings is 1. The maximum atomic E-state index is 12.2. The van der Waals surface area contributed by atoms with Gasteiger partial charge in [-0.05, 0) is 56.2 Å². The molecule has 1 aromatic carbocycles. The molecular weight excluding hydrogens is 352 g/mol. The number of carbonyl (C=O) groups is 1. The Kier molecular flexibility index (Phi) is 4.85. The molecule has 7 nitrogen and oxygen atoms in total. The predicted molar refractivity (Wildman–Crippen MR) is 102 cm³/mol. The summed E-state index contributed by atoms with van der Waals surface area (Å²) < 4.78 is 0. The number of hydrogen-bond donors (Lipinski definition) is 3. The number of aromatic nitrogens is 2. The van der Waals surface area contributed by atoms with Gasteiger partial charge in [0.25, 0.3) is 5.56 Å². The van der Waals surface area contributed by atoms with Gasteiger partial charge in [-0.2, -0.15) is 5.10 Å². The highest BCUT2D eigenvalue weighted by atomic mass is 32.1. The molecule has 0 aliphatic carbocycles. The van der Waals surface area contributed by atoms with Crippen LogP contribution in [0.1, 0.15) is 28.8 Å². The van der Waals surface area contributed by atoms with Crippen LogP contribution in [0.3, 0.4) is 0 Å². The number of nitrogens with one attached hydrogen (secondary N) is 2. The van der Waals surface area contributed by atoms with Crippen molar-refractivity contribution in [2.75, 3.05) is 0 Å². The van der Waals surface area contributed by atoms with Crippen molar-refractivity contribution >= 4 is 33.2 Å². The first-order chi connectivity index (χ1) is 12.3. The molecular formula is C18H18N4O3S. The first-order valence-electron chi connectivity index (χ1n) is 7.96. The quantitative estimate of drug-likeness (QED) is 0.484. The zero-order valence-corrected chi connectivity index (χ0v) is 15.4. The number of hydrazone groups is 1. The lowest BCUT2D eigenvalue weighted by molar-refractivity contribution is -0.120. The van der Waals surface area contributed by atoms with Crippen molar-refractivity contribution in [1.29, 1.82) is 0 Å². The maximum Gasteiger partial charge on any atom is 0.259 e. The molecule has 0 aliphatic rings. The van der Waals surface area contributed by atoms with Crippen LogP contribution in [0.2, 0.25) is 0 Å². The number of rotatable bonds is 4. The summed E-state index contributed by atoms with van der Waals surface area (Å²) >= 11 is 1.44. The second-order valence-corrected chi connectivity index (χ2v) is 7.14. The van der Waals surface area contributed by atoms with E-state index in [2.05, 4.69) is 20.5 Å². The summed E-state index contributed by atoms with van der Waals surface area (Å²) in [6.07, 6.45) is -0.0759. The number of nitrogens with zero attached hydrogens (tertiary/aromatic N) is 2. The number of hydrogen-bond acceptors (Lipinski definition) is 6. The fraction of sp³-hybridized carbons (Fsp3) is 0.222. The molecule has 0 atom stereocenters. The van der Waals surface area contributed by atoms with Crippen LogP contribution in [0.5, 0.6) is 5.75 Å². The first-order valence-corrected chi connectivity index (χ1v) is 8.78. The van der Waals surface area contributed by atoms with Gasteiger partial charge in [0.2, 0.25) is 5.91 Å². The Morgan fingerprint density at radius 3 is 2.69 bits per heavy atom. The van der Waals surface area contributed by atoms with Crippen molar-refractivity contribution in [2.24, 2.45) is 5.10 Å². The fourth-order valence-electron chi connectivity index (χ4n) is 2.49. The Balaban J connectivity index is 1.74. The van der Waals surface area contributed by atoms with Gasteiger partial charge in [-0.15, -0.1) is 11.3 Å². The summed E-state index contributed by atoms with van der Waals surface area (Å²) in [6, 6.07) is 6.50. The van der Waals surface area contributed by atoms with Gasteiger partial charge in [0, 0.05) is 4.88 Å². The highest BCUT2D eigenvalue weighted by molar-refractivity contribution is 7.18. The number of amides is 1. The summed E-state index contributed by atoms with van der Waals surface area (Å²) in [7, 11) is 0. The van der Waals surface area contributed by atoms with E-state index < -0.39 is 0 Å². The second kappa shape index (κ2) is 7.09. The molecule has 0 saturated heterocycles. The van der Waals surface area contributed by atoms with Crippen LogP contribution in [0.4, 0.5) is 0 Å². The van der Waals surface area contributed by atoms with Crippen molar-refractivity contribution in [3.8, 4) is 5.75 Å². The summed E-state index contributed by atoms with van der Waals surface area (Å²) in [5.74, 6) is 0.0874. The van der Waals surface area contributed by atoms with Gasteiger partial charge in [0.1, 0.15) is 16.4 Å². The normalized spacial score (nSPS) is 11.7. The van der Waals surface area contributed by atoms with Gasteiger partial charge in [0.15, 0.2) is 0 Å². The smallest absolute Gasteiger partial charge is 0.259 e. The number of carbonyl (C=O) groups excluding carboxylic acids is 1. The zero-order chi connectivity index (χ0) is 18.8. The van der Waals surface area contributed by atoms with Crippen molar-refractivity contribution in [3.63, 3.8) is 0 Å². The number of phenols is 1. The van der Waals surface area contributed by atoms with E-state index in [1.807, 2.05) is 13.8 Å². The molecule has 3 aromatic rings. The monoisotopic (exact) mass is 370 g/mol. The molecule has 0 fully saturated rings. The molecule has 2 aromatic heterocycles. The summed E-state index contributed by atoms with van der Waals surface area (Å²) in [5, 5.41) is 13.9. The van der Waals surface area contributed by atoms with E-state index in [4.69, 9.17) is 0 Å². The van der Waals surface area contributed by atoms with Gasteiger partial charge in [-0.25, -0.2) is 10.4 Å². The number of thiophene rings is 1. The van der Waals surface area contributed by atoms with Crippen molar-refractivity contribution in [3.05, 3.63) is 56.4 Å². The Morgan fingerprint density at radius 2 is 2.00 bits per heavy atom. The summed E-state index contributed by atoms with van der Waals surface area (Å²) in [6.45, 7) is 5.57. The van der Waals surface area contributed by atoms with Gasteiger partial charge < -0.3 is 10.1 Å². The predicted octanol–water partition coefficient (Wildman–Crippen LogP) is 2.39. The number of fused-ring (bicyclic) bond motifs is 1. The summed E-state index contributed by atoms with van der Waals surface area (Å²) in [4.78, 5) is 33.0. The molecule has 8 heteroatoms. The molecule has 1 amide bonds. The molecule has 3 rings (SSSR count). The van der Waals surface area contributed by atoms with Crippen molar-refractivity contribution < 1.29 is 9.90 Å². The maximum absolute atomic E-state index is 12.2. The molecule has 3 N–H and O–H groups in total. The van der Waals surface area contributed by atoms with E-state index in [1.54, 1.807) is 31.2 Å². The van der Waals surface area contributed by atoms with Crippen LogP contribution in [0.15, 0.2) is 34.2 Å². The van der Waals surface area contributed by atoms with Gasteiger partial charge >= 0.3 is 0 Å². The number of aromatic hydroxyl groups is 1. The third kappa shape index (κ3) is 3.65. The van der Waals surface area contributed by atoms with E-state index in [1.165, 1.54) is 11.3 Å². The Morgan fingerprint density at radius 1 is 1.31 bits per heavy atom. The lowest BCUT2D eigenvalue weighted by atomic mass is 10.1. The van der Waals surface area contributed by atoms with Crippen LogP contribution >= 0.6 is 11.3 Å². The number of H-pyrrole nitrogens is 1. The number of aryl methyl sites for hydroxylation is 2. The Hall–Kier alpha value is -3.00. The van der Waals surface area contributed by atoms with Crippen molar-refractivity contribution in [1.82, 2.24) is 15.4 Å². The largest absolute Gasteiger partial charge is 0.508 e. The van der Waals surface area contributed by atoms with Gasteiger partial charge in [-0.1, -0.05) is 0 Å². The van der Waals surface area contributed by atoms with E-state index in [9.17, 15) is 14.7 Å². The number of aromatic amines is 1. The lowest BCUT2D eigenvalue weighted by Crippen LogP contribution is -2.24. The fourth-order valence-corrected chi connectivity index (χ4v) is 3.54. The molecule has 0 bridgehead atoms. The minimum atomic E-state index is -0.379. The van der Waals surface area contributed by atoms with Crippen LogP contribution in [-0.2, 0) is 11.2 Å². The minimum absolute atomic E-state index is 0.0759. The third-order valence-electron chi connectivity index (χ3n) is 4.05. The minimum Gasteiger partial charge on any atom is -0.508 e. The van der Waals surface area contributed by atoms with Crippen LogP contribution in [-0.4, -0.2) is 26.7 Å². The molecule has 134 valence electrons. The van der Waals surface area contributed by atoms with E-state index in [0.717, 1.165) is 16.0 Å². The molecule has 2 heterocycles. The van der Waals surface area contributed by atoms with Crippen LogP contribution in [0.25, 0.3) is 10.2 Å². The van der Waals surface area contributed by atoms with E-state index in [-0.39, 0.29) is 23.6 Å². The average Bonchev–Trinajstić information content (AvgIpc) is 2.88. The van der Waals surface area contributed by atoms with E-state index >= 15 is 0 Å². The first kappa shape index (κ1) is 17.8. The second-order valence-electron chi connectivity index (χ2n) is 5.93. The molecule has 0 saturated carbocycles. The Labute approximate surface area is 153 Å². The molecule has 26 heavy (non-hydrogen) atoms.